The second kappa shape index (κ2) is 10.3. The summed E-state index contributed by atoms with van der Waals surface area (Å²) in [6, 6.07) is 22.8. The molecule has 0 aliphatic carbocycles. The Bertz CT molecular complexity index is 1130. The first kappa shape index (κ1) is 23.3. The van der Waals surface area contributed by atoms with Gasteiger partial charge in [-0.2, -0.15) is 0 Å². The lowest BCUT2D eigenvalue weighted by Crippen LogP contribution is -2.33. The number of hydrogen-bond donors (Lipinski definition) is 1. The van der Waals surface area contributed by atoms with E-state index in [0.717, 1.165) is 11.1 Å². The average molecular weight is 455 g/mol. The predicted molar refractivity (Wildman–Crippen MR) is 122 cm³/mol. The number of benzene rings is 3. The van der Waals surface area contributed by atoms with Crippen molar-refractivity contribution >= 4 is 15.9 Å². The summed E-state index contributed by atoms with van der Waals surface area (Å²) in [4.78, 5) is 14.1. The second-order valence-corrected chi connectivity index (χ2v) is 8.89. The Hall–Kier alpha value is -3.36. The number of carbonyl (C=O) groups is 1. The van der Waals surface area contributed by atoms with Gasteiger partial charge in [-0.1, -0.05) is 42.5 Å². The molecule has 1 amide bonds. The Morgan fingerprint density at radius 3 is 2.03 bits per heavy atom. The number of nitrogens with zero attached hydrogens (tertiary/aromatic N) is 1. The van der Waals surface area contributed by atoms with Crippen LogP contribution in [0.25, 0.3) is 0 Å². The monoisotopic (exact) mass is 454 g/mol. The lowest BCUT2D eigenvalue weighted by atomic mass is 10.1. The minimum atomic E-state index is -3.75. The third kappa shape index (κ3) is 6.32. The molecule has 0 fully saturated rings. The molecule has 0 spiro atoms. The van der Waals surface area contributed by atoms with E-state index in [2.05, 4.69) is 0 Å². The van der Waals surface area contributed by atoms with E-state index in [-0.39, 0.29) is 23.5 Å². The number of likely N-dealkylation sites (N-methyl/N-ethyl adjacent to an activating group) is 1. The smallest absolute Gasteiger partial charge is 0.260 e. The highest BCUT2D eigenvalue weighted by Crippen LogP contribution is 2.22. The van der Waals surface area contributed by atoms with Crippen LogP contribution >= 0.6 is 0 Å². The summed E-state index contributed by atoms with van der Waals surface area (Å²) in [5, 5.41) is 5.12. The largest absolute Gasteiger partial charge is 0.489 e. The lowest BCUT2D eigenvalue weighted by Gasteiger charge is -2.25. The summed E-state index contributed by atoms with van der Waals surface area (Å²) in [6.45, 7) is 2.20. The van der Waals surface area contributed by atoms with Gasteiger partial charge >= 0.3 is 0 Å². The van der Waals surface area contributed by atoms with E-state index < -0.39 is 10.0 Å². The minimum absolute atomic E-state index is 0.0296. The number of hydrogen-bond acceptors (Lipinski definition) is 5. The summed E-state index contributed by atoms with van der Waals surface area (Å²) >= 11 is 0. The fourth-order valence-corrected chi connectivity index (χ4v) is 3.51. The Morgan fingerprint density at radius 2 is 1.47 bits per heavy atom. The van der Waals surface area contributed by atoms with Crippen LogP contribution in [0.15, 0.2) is 83.8 Å². The number of carbonyl (C=O) groups excluding carboxylic acids is 1. The number of rotatable bonds is 9. The Balaban J connectivity index is 1.50. The summed E-state index contributed by atoms with van der Waals surface area (Å²) in [5.41, 5.74) is 1.86. The Morgan fingerprint density at radius 1 is 0.906 bits per heavy atom. The van der Waals surface area contributed by atoms with Gasteiger partial charge in [-0.3, -0.25) is 4.79 Å². The molecule has 3 rings (SSSR count). The second-order valence-electron chi connectivity index (χ2n) is 7.33. The molecule has 3 aromatic carbocycles. The molecule has 1 atom stereocenters. The van der Waals surface area contributed by atoms with E-state index >= 15 is 0 Å². The molecule has 3 aromatic rings. The summed E-state index contributed by atoms with van der Waals surface area (Å²) < 4.78 is 34.1. The van der Waals surface area contributed by atoms with E-state index in [1.807, 2.05) is 37.3 Å². The van der Waals surface area contributed by atoms with Crippen LogP contribution in [0.5, 0.6) is 11.5 Å². The van der Waals surface area contributed by atoms with Crippen LogP contribution < -0.4 is 14.6 Å². The molecule has 2 N–H and O–H groups in total. The molecule has 0 radical (unpaired) electrons. The Kier molecular flexibility index (Phi) is 7.50. The summed E-state index contributed by atoms with van der Waals surface area (Å²) in [5.74, 6) is 1.06. The van der Waals surface area contributed by atoms with E-state index in [4.69, 9.17) is 14.6 Å². The van der Waals surface area contributed by atoms with Gasteiger partial charge in [0.2, 0.25) is 10.0 Å². The van der Waals surface area contributed by atoms with Crippen molar-refractivity contribution in [2.45, 2.75) is 24.5 Å². The quantitative estimate of drug-likeness (QED) is 0.533. The normalized spacial score (nSPS) is 12.1. The molecule has 32 heavy (non-hydrogen) atoms. The first-order chi connectivity index (χ1) is 15.2. The molecular weight excluding hydrogens is 428 g/mol. The van der Waals surface area contributed by atoms with Crippen LogP contribution in [0, 0.1) is 0 Å². The van der Waals surface area contributed by atoms with Gasteiger partial charge in [0.05, 0.1) is 10.9 Å². The van der Waals surface area contributed by atoms with Gasteiger partial charge < -0.3 is 14.4 Å². The number of amides is 1. The molecule has 0 aliphatic heterocycles. The zero-order valence-electron chi connectivity index (χ0n) is 18.0. The van der Waals surface area contributed by atoms with Gasteiger partial charge in [-0.15, -0.1) is 0 Å². The molecule has 0 aromatic heterocycles. The predicted octanol–water partition coefficient (Wildman–Crippen LogP) is 3.51. The molecule has 0 bridgehead atoms. The van der Waals surface area contributed by atoms with Crippen LogP contribution in [-0.4, -0.2) is 32.9 Å². The zero-order chi connectivity index (χ0) is 23.1. The zero-order valence-corrected chi connectivity index (χ0v) is 18.8. The number of ether oxygens (including phenoxy) is 2. The molecule has 7 nitrogen and oxygen atoms in total. The van der Waals surface area contributed by atoms with Crippen molar-refractivity contribution in [3.63, 3.8) is 0 Å². The SMILES string of the molecule is CC(c1ccc(S(N)(=O)=O)cc1)N(C)C(=O)COc1ccc(OCc2ccccc2)cc1. The van der Waals surface area contributed by atoms with E-state index in [1.165, 1.54) is 12.1 Å². The first-order valence-corrected chi connectivity index (χ1v) is 11.6. The van der Waals surface area contributed by atoms with Crippen LogP contribution in [0.3, 0.4) is 0 Å². The van der Waals surface area contributed by atoms with Crippen LogP contribution in [0.4, 0.5) is 0 Å². The fraction of sp³-hybridized carbons (Fsp3) is 0.208. The average Bonchev–Trinajstić information content (AvgIpc) is 2.81. The molecule has 0 saturated heterocycles. The fourth-order valence-electron chi connectivity index (χ4n) is 3.00. The third-order valence-corrected chi connectivity index (χ3v) is 6.03. The maximum absolute atomic E-state index is 12.5. The topological polar surface area (TPSA) is 98.9 Å². The Labute approximate surface area is 188 Å². The highest BCUT2D eigenvalue weighted by molar-refractivity contribution is 7.89. The standard InChI is InChI=1S/C24H26N2O5S/c1-18(20-8-14-23(15-9-20)32(25,28)29)26(2)24(27)17-31-22-12-10-21(11-13-22)30-16-19-6-4-3-5-7-19/h3-15,18H,16-17H2,1-2H3,(H2,25,28,29). The van der Waals surface area contributed by atoms with Crippen molar-refractivity contribution in [3.8, 4) is 11.5 Å². The van der Waals surface area contributed by atoms with Gasteiger partial charge in [0.15, 0.2) is 6.61 Å². The van der Waals surface area contributed by atoms with Crippen molar-refractivity contribution in [1.29, 1.82) is 0 Å². The molecule has 0 aliphatic rings. The van der Waals surface area contributed by atoms with Gasteiger partial charge in [0.1, 0.15) is 18.1 Å². The van der Waals surface area contributed by atoms with Crippen molar-refractivity contribution in [3.05, 3.63) is 90.0 Å². The molecular formula is C24H26N2O5S. The van der Waals surface area contributed by atoms with Gasteiger partial charge in [0.25, 0.3) is 5.91 Å². The molecule has 168 valence electrons. The molecule has 0 heterocycles. The number of primary sulfonamides is 1. The minimum Gasteiger partial charge on any atom is -0.489 e. The summed E-state index contributed by atoms with van der Waals surface area (Å²) in [6.07, 6.45) is 0. The molecule has 1 unspecified atom stereocenters. The maximum Gasteiger partial charge on any atom is 0.260 e. The van der Waals surface area contributed by atoms with E-state index in [0.29, 0.717) is 18.1 Å². The summed E-state index contributed by atoms with van der Waals surface area (Å²) in [7, 11) is -2.08. The van der Waals surface area contributed by atoms with E-state index in [9.17, 15) is 13.2 Å². The first-order valence-electron chi connectivity index (χ1n) is 10.0. The van der Waals surface area contributed by atoms with Crippen LogP contribution in [0.2, 0.25) is 0 Å². The number of sulfonamides is 1. The molecule has 0 saturated carbocycles. The van der Waals surface area contributed by atoms with Gasteiger partial charge in [-0.05, 0) is 54.4 Å². The van der Waals surface area contributed by atoms with Crippen molar-refractivity contribution < 1.29 is 22.7 Å². The lowest BCUT2D eigenvalue weighted by molar-refractivity contribution is -0.134. The maximum atomic E-state index is 12.5. The third-order valence-electron chi connectivity index (χ3n) is 5.10. The van der Waals surface area contributed by atoms with Crippen molar-refractivity contribution in [2.24, 2.45) is 5.14 Å². The van der Waals surface area contributed by atoms with Crippen molar-refractivity contribution in [1.82, 2.24) is 4.90 Å². The van der Waals surface area contributed by atoms with Gasteiger partial charge in [0, 0.05) is 7.05 Å². The van der Waals surface area contributed by atoms with Gasteiger partial charge in [-0.25, -0.2) is 13.6 Å². The van der Waals surface area contributed by atoms with Crippen LogP contribution in [-0.2, 0) is 21.4 Å². The highest BCUT2D eigenvalue weighted by atomic mass is 32.2. The number of nitrogens with two attached hydrogens (primary N) is 1. The molecule has 8 heteroatoms. The van der Waals surface area contributed by atoms with Crippen molar-refractivity contribution in [2.75, 3.05) is 13.7 Å². The van der Waals surface area contributed by atoms with E-state index in [1.54, 1.807) is 48.3 Å². The van der Waals surface area contributed by atoms with Crippen LogP contribution in [0.1, 0.15) is 24.1 Å². The highest BCUT2D eigenvalue weighted by Gasteiger charge is 2.18.